The number of morpholine rings is 1. The lowest BCUT2D eigenvalue weighted by molar-refractivity contribution is -0.0500. The minimum absolute atomic E-state index is 0.0981. The third-order valence-electron chi connectivity index (χ3n) is 4.52. The van der Waals surface area contributed by atoms with Crippen LogP contribution in [0.5, 0.6) is 5.75 Å². The van der Waals surface area contributed by atoms with Crippen LogP contribution in [-0.2, 0) is 4.74 Å². The molecule has 0 radical (unpaired) electrons. The molecule has 0 spiro atoms. The predicted molar refractivity (Wildman–Crippen MR) is 83.1 cm³/mol. The van der Waals surface area contributed by atoms with Crippen molar-refractivity contribution in [1.82, 2.24) is 9.88 Å². The number of hydrogen-bond donors (Lipinski definition) is 0. The zero-order chi connectivity index (χ0) is 16.2. The molecule has 1 aromatic heterocycles. The molecule has 0 aliphatic carbocycles. The smallest absolute Gasteiger partial charge is 0.387 e. The first-order valence-corrected chi connectivity index (χ1v) is 8.13. The van der Waals surface area contributed by atoms with Crippen LogP contribution in [0.15, 0.2) is 18.3 Å². The Morgan fingerprint density at radius 1 is 1.26 bits per heavy atom. The van der Waals surface area contributed by atoms with Gasteiger partial charge in [-0.05, 0) is 31.9 Å². The molecule has 5 nitrogen and oxygen atoms in total. The molecular weight excluding hydrogens is 304 g/mol. The maximum Gasteiger partial charge on any atom is 0.387 e. The molecule has 0 aromatic carbocycles. The van der Waals surface area contributed by atoms with Gasteiger partial charge in [-0.2, -0.15) is 8.78 Å². The second-order valence-corrected chi connectivity index (χ2v) is 6.13. The second-order valence-electron chi connectivity index (χ2n) is 6.13. The number of ether oxygens (including phenoxy) is 2. The molecule has 0 saturated carbocycles. The Morgan fingerprint density at radius 2 is 2.04 bits per heavy atom. The third kappa shape index (κ3) is 4.29. The highest BCUT2D eigenvalue weighted by Gasteiger charge is 2.28. The summed E-state index contributed by atoms with van der Waals surface area (Å²) in [5, 5.41) is 0. The molecule has 2 aliphatic rings. The van der Waals surface area contributed by atoms with Crippen LogP contribution in [0.2, 0.25) is 0 Å². The summed E-state index contributed by atoms with van der Waals surface area (Å²) < 4.78 is 34.2. The van der Waals surface area contributed by atoms with Crippen LogP contribution < -0.4 is 9.64 Å². The van der Waals surface area contributed by atoms with E-state index >= 15 is 0 Å². The topological polar surface area (TPSA) is 37.8 Å². The van der Waals surface area contributed by atoms with Crippen molar-refractivity contribution in [3.63, 3.8) is 0 Å². The highest BCUT2D eigenvalue weighted by Crippen LogP contribution is 2.24. The van der Waals surface area contributed by atoms with Crippen LogP contribution >= 0.6 is 0 Å². The fourth-order valence-electron chi connectivity index (χ4n) is 3.37. The van der Waals surface area contributed by atoms with Crippen molar-refractivity contribution >= 4 is 5.82 Å². The number of nitrogens with zero attached hydrogens (tertiary/aromatic N) is 3. The van der Waals surface area contributed by atoms with Gasteiger partial charge in [0, 0.05) is 32.2 Å². The van der Waals surface area contributed by atoms with Crippen molar-refractivity contribution in [2.24, 2.45) is 0 Å². The summed E-state index contributed by atoms with van der Waals surface area (Å²) >= 11 is 0. The largest absolute Gasteiger partial charge is 0.433 e. The zero-order valence-corrected chi connectivity index (χ0v) is 13.3. The van der Waals surface area contributed by atoms with Gasteiger partial charge in [0.25, 0.3) is 0 Å². The first-order chi connectivity index (χ1) is 11.1. The van der Waals surface area contributed by atoms with E-state index in [-0.39, 0.29) is 5.75 Å². The Kier molecular flexibility index (Phi) is 5.27. The van der Waals surface area contributed by atoms with E-state index in [4.69, 9.17) is 4.74 Å². The molecule has 7 heteroatoms. The van der Waals surface area contributed by atoms with Crippen LogP contribution in [0.1, 0.15) is 19.8 Å². The molecule has 128 valence electrons. The summed E-state index contributed by atoms with van der Waals surface area (Å²) in [6, 6.07) is 3.89. The van der Waals surface area contributed by atoms with E-state index < -0.39 is 6.61 Å². The molecule has 0 amide bonds. The second kappa shape index (κ2) is 7.40. The van der Waals surface area contributed by atoms with Crippen molar-refractivity contribution in [1.29, 1.82) is 0 Å². The van der Waals surface area contributed by atoms with Gasteiger partial charge in [0.05, 0.1) is 18.9 Å². The highest BCUT2D eigenvalue weighted by atomic mass is 19.3. The van der Waals surface area contributed by atoms with E-state index in [1.165, 1.54) is 6.20 Å². The molecule has 0 N–H and O–H groups in total. The predicted octanol–water partition coefficient (Wildman–Crippen LogP) is 2.37. The summed E-state index contributed by atoms with van der Waals surface area (Å²) in [4.78, 5) is 8.97. The van der Waals surface area contributed by atoms with Gasteiger partial charge in [-0.1, -0.05) is 0 Å². The lowest BCUT2D eigenvalue weighted by atomic mass is 10.0. The average molecular weight is 327 g/mol. The Bertz CT molecular complexity index is 493. The minimum atomic E-state index is -2.81. The molecule has 0 unspecified atom stereocenters. The van der Waals surface area contributed by atoms with Gasteiger partial charge < -0.3 is 14.4 Å². The van der Waals surface area contributed by atoms with Crippen molar-refractivity contribution in [3.05, 3.63) is 18.3 Å². The number of piperidine rings is 1. The molecule has 2 fully saturated rings. The molecule has 2 aliphatic heterocycles. The summed E-state index contributed by atoms with van der Waals surface area (Å²) in [6.07, 6.45) is 3.84. The zero-order valence-electron chi connectivity index (χ0n) is 13.3. The number of rotatable bonds is 4. The quantitative estimate of drug-likeness (QED) is 0.849. The maximum atomic E-state index is 12.1. The summed E-state index contributed by atoms with van der Waals surface area (Å²) in [5.41, 5.74) is 0. The molecule has 0 bridgehead atoms. The SMILES string of the molecule is C[C@@H]1CN(C2CCN(c3ccc(OC(F)F)cn3)CC2)CCO1. The van der Waals surface area contributed by atoms with Crippen LogP contribution in [-0.4, -0.2) is 61.4 Å². The number of alkyl halides is 2. The van der Waals surface area contributed by atoms with Crippen LogP contribution in [0.3, 0.4) is 0 Å². The van der Waals surface area contributed by atoms with Gasteiger partial charge in [-0.15, -0.1) is 0 Å². The summed E-state index contributed by atoms with van der Waals surface area (Å²) in [6.45, 7) is 3.99. The minimum Gasteiger partial charge on any atom is -0.433 e. The van der Waals surface area contributed by atoms with Gasteiger partial charge in [-0.25, -0.2) is 4.98 Å². The molecule has 1 aromatic rings. The van der Waals surface area contributed by atoms with E-state index in [0.717, 1.165) is 51.4 Å². The molecule has 3 rings (SSSR count). The van der Waals surface area contributed by atoms with Gasteiger partial charge in [0.2, 0.25) is 0 Å². The monoisotopic (exact) mass is 327 g/mol. The van der Waals surface area contributed by atoms with Crippen LogP contribution in [0, 0.1) is 0 Å². The van der Waals surface area contributed by atoms with Gasteiger partial charge in [-0.3, -0.25) is 4.90 Å². The summed E-state index contributed by atoms with van der Waals surface area (Å²) in [5.74, 6) is 0.918. The Hall–Kier alpha value is -1.47. The fraction of sp³-hybridized carbons (Fsp3) is 0.688. The number of pyridine rings is 1. The number of anilines is 1. The first-order valence-electron chi connectivity index (χ1n) is 8.13. The van der Waals surface area contributed by atoms with E-state index in [1.54, 1.807) is 12.1 Å². The first kappa shape index (κ1) is 16.4. The average Bonchev–Trinajstić information content (AvgIpc) is 2.55. The fourth-order valence-corrected chi connectivity index (χ4v) is 3.37. The van der Waals surface area contributed by atoms with Crippen molar-refractivity contribution in [2.75, 3.05) is 37.7 Å². The highest BCUT2D eigenvalue weighted by molar-refractivity contribution is 5.41. The van der Waals surface area contributed by atoms with Crippen LogP contribution in [0.4, 0.5) is 14.6 Å². The molecule has 1 atom stereocenters. The lowest BCUT2D eigenvalue weighted by Crippen LogP contribution is -2.51. The lowest BCUT2D eigenvalue weighted by Gasteiger charge is -2.42. The number of halogens is 2. The Morgan fingerprint density at radius 3 is 2.65 bits per heavy atom. The number of hydrogen-bond acceptors (Lipinski definition) is 5. The summed E-state index contributed by atoms with van der Waals surface area (Å²) in [7, 11) is 0. The van der Waals surface area contributed by atoms with E-state index in [1.807, 2.05) is 0 Å². The maximum absolute atomic E-state index is 12.1. The third-order valence-corrected chi connectivity index (χ3v) is 4.52. The van der Waals surface area contributed by atoms with Crippen molar-refractivity contribution in [3.8, 4) is 5.75 Å². The Balaban J connectivity index is 1.52. The van der Waals surface area contributed by atoms with E-state index in [0.29, 0.717) is 12.1 Å². The van der Waals surface area contributed by atoms with Gasteiger partial charge in [0.1, 0.15) is 11.6 Å². The molecule has 23 heavy (non-hydrogen) atoms. The van der Waals surface area contributed by atoms with Gasteiger partial charge in [0.15, 0.2) is 0 Å². The standard InChI is InChI=1S/C16H23F2N3O2/c1-12-11-21(8-9-22-12)13-4-6-20(7-5-13)15-3-2-14(10-19-15)23-16(17)18/h2-3,10,12-13,16H,4-9,11H2,1H3/t12-/m1/s1. The van der Waals surface area contributed by atoms with E-state index in [9.17, 15) is 8.78 Å². The van der Waals surface area contributed by atoms with Gasteiger partial charge >= 0.3 is 6.61 Å². The molecule has 3 heterocycles. The van der Waals surface area contributed by atoms with Crippen LogP contribution in [0.25, 0.3) is 0 Å². The number of aromatic nitrogens is 1. The Labute approximate surface area is 135 Å². The molecular formula is C16H23F2N3O2. The van der Waals surface area contributed by atoms with Crippen molar-refractivity contribution in [2.45, 2.75) is 38.5 Å². The van der Waals surface area contributed by atoms with Crippen molar-refractivity contribution < 1.29 is 18.3 Å². The molecule has 2 saturated heterocycles. The van der Waals surface area contributed by atoms with E-state index in [2.05, 4.69) is 26.4 Å². The normalized spacial score (nSPS) is 24.2.